The van der Waals surface area contributed by atoms with E-state index < -0.39 is 0 Å². The summed E-state index contributed by atoms with van der Waals surface area (Å²) >= 11 is 6.32. The number of ether oxygens (including phenoxy) is 1. The van der Waals surface area contributed by atoms with E-state index in [1.807, 2.05) is 59.5 Å². The van der Waals surface area contributed by atoms with E-state index in [1.165, 1.54) is 5.57 Å². The molecule has 43 heavy (non-hydrogen) atoms. The average Bonchev–Trinajstić information content (AvgIpc) is 3.40. The van der Waals surface area contributed by atoms with E-state index in [-0.39, 0.29) is 36.1 Å². The number of dihydropyridines is 1. The SMILES string of the molecule is CC(C)=C1C=C(C2=NC(NC[C@H]3CCCN(C(=O)c4ccccc4Oc4ccccc4)C3)=C(F)CN2)C2=CC(Cl)=CNC21. The zero-order valence-electron chi connectivity index (χ0n) is 24.3. The van der Waals surface area contributed by atoms with Crippen LogP contribution in [0.15, 0.2) is 117 Å². The molecule has 2 atom stereocenters. The van der Waals surface area contributed by atoms with Crippen molar-refractivity contribution in [1.82, 2.24) is 20.9 Å². The Morgan fingerprint density at radius 1 is 1.14 bits per heavy atom. The summed E-state index contributed by atoms with van der Waals surface area (Å²) in [5.74, 6) is 1.79. The van der Waals surface area contributed by atoms with Crippen molar-refractivity contribution in [3.05, 3.63) is 117 Å². The van der Waals surface area contributed by atoms with Gasteiger partial charge in [0.15, 0.2) is 11.6 Å². The molecule has 6 rings (SSSR count). The van der Waals surface area contributed by atoms with E-state index in [0.717, 1.165) is 29.6 Å². The number of aliphatic imine (C=N–C) groups is 1. The molecule has 0 saturated carbocycles. The normalized spacial score (nSPS) is 21.5. The average molecular weight is 600 g/mol. The maximum atomic E-state index is 15.0. The second-order valence-corrected chi connectivity index (χ2v) is 11.8. The fraction of sp³-hybridized carbons (Fsp3) is 0.294. The zero-order chi connectivity index (χ0) is 29.9. The molecule has 1 fully saturated rings. The third kappa shape index (κ3) is 6.25. The molecule has 1 aliphatic carbocycles. The van der Waals surface area contributed by atoms with Gasteiger partial charge in [-0.15, -0.1) is 0 Å². The van der Waals surface area contributed by atoms with Crippen molar-refractivity contribution in [3.63, 3.8) is 0 Å². The monoisotopic (exact) mass is 599 g/mol. The summed E-state index contributed by atoms with van der Waals surface area (Å²) in [5, 5.41) is 10.4. The molecule has 3 N–H and O–H groups in total. The molecule has 1 amide bonds. The molecule has 0 bridgehead atoms. The Morgan fingerprint density at radius 3 is 2.74 bits per heavy atom. The van der Waals surface area contributed by atoms with Crippen molar-refractivity contribution in [2.45, 2.75) is 32.7 Å². The topological polar surface area (TPSA) is 78.0 Å². The first-order chi connectivity index (χ1) is 20.9. The van der Waals surface area contributed by atoms with E-state index in [9.17, 15) is 9.18 Å². The molecule has 222 valence electrons. The number of benzene rings is 2. The number of nitrogens with zero attached hydrogens (tertiary/aromatic N) is 2. The third-order valence-corrected chi connectivity index (χ3v) is 8.31. The van der Waals surface area contributed by atoms with Crippen LogP contribution < -0.4 is 20.7 Å². The Balaban J connectivity index is 1.14. The van der Waals surface area contributed by atoms with Crippen molar-refractivity contribution >= 4 is 23.3 Å². The number of para-hydroxylation sites is 2. The first kappa shape index (κ1) is 28.8. The quantitative estimate of drug-likeness (QED) is 0.347. The lowest BCUT2D eigenvalue weighted by molar-refractivity contribution is 0.0672. The Morgan fingerprint density at radius 2 is 1.93 bits per heavy atom. The van der Waals surface area contributed by atoms with Crippen molar-refractivity contribution in [1.29, 1.82) is 0 Å². The highest BCUT2D eigenvalue weighted by Gasteiger charge is 2.34. The van der Waals surface area contributed by atoms with Crippen molar-refractivity contribution in [2.75, 3.05) is 26.2 Å². The van der Waals surface area contributed by atoms with Gasteiger partial charge < -0.3 is 25.6 Å². The van der Waals surface area contributed by atoms with Crippen molar-refractivity contribution in [2.24, 2.45) is 10.9 Å². The number of nitrogens with one attached hydrogen (secondary N) is 3. The third-order valence-electron chi connectivity index (χ3n) is 8.09. The summed E-state index contributed by atoms with van der Waals surface area (Å²) in [7, 11) is 0. The number of amidine groups is 1. The summed E-state index contributed by atoms with van der Waals surface area (Å²) in [4.78, 5) is 20.2. The Kier molecular flexibility index (Phi) is 8.38. The summed E-state index contributed by atoms with van der Waals surface area (Å²) in [5.41, 5.74) is 4.78. The molecule has 2 aromatic rings. The summed E-state index contributed by atoms with van der Waals surface area (Å²) < 4.78 is 21.0. The van der Waals surface area contributed by atoms with Crippen molar-refractivity contribution < 1.29 is 13.9 Å². The van der Waals surface area contributed by atoms with Crippen LogP contribution >= 0.6 is 11.6 Å². The maximum Gasteiger partial charge on any atom is 0.257 e. The number of hydrogen-bond donors (Lipinski definition) is 3. The highest BCUT2D eigenvalue weighted by molar-refractivity contribution is 6.31. The minimum atomic E-state index is -0.342. The van der Waals surface area contributed by atoms with Crippen LogP contribution in [-0.2, 0) is 0 Å². The van der Waals surface area contributed by atoms with Crippen LogP contribution in [0.4, 0.5) is 4.39 Å². The smallest absolute Gasteiger partial charge is 0.257 e. The van der Waals surface area contributed by atoms with Gasteiger partial charge in [-0.25, -0.2) is 9.38 Å². The molecule has 4 aliphatic rings. The fourth-order valence-corrected chi connectivity index (χ4v) is 6.08. The minimum Gasteiger partial charge on any atom is -0.457 e. The highest BCUT2D eigenvalue weighted by Crippen LogP contribution is 2.36. The maximum absolute atomic E-state index is 15.0. The number of amides is 1. The summed E-state index contributed by atoms with van der Waals surface area (Å²) in [6.45, 7) is 5.93. The largest absolute Gasteiger partial charge is 0.457 e. The van der Waals surface area contributed by atoms with E-state index in [1.54, 1.807) is 12.3 Å². The number of likely N-dealkylation sites (tertiary alicyclic amines) is 1. The van der Waals surface area contributed by atoms with Gasteiger partial charge in [-0.05, 0) is 80.2 Å². The van der Waals surface area contributed by atoms with Crippen LogP contribution in [-0.4, -0.2) is 48.9 Å². The number of rotatable bonds is 7. The van der Waals surface area contributed by atoms with Gasteiger partial charge in [0.05, 0.1) is 23.2 Å². The lowest BCUT2D eigenvalue weighted by atomic mass is 9.97. The number of halogens is 2. The van der Waals surface area contributed by atoms with Crippen LogP contribution in [0.2, 0.25) is 0 Å². The van der Waals surface area contributed by atoms with Crippen LogP contribution in [0.1, 0.15) is 37.0 Å². The van der Waals surface area contributed by atoms with Gasteiger partial charge in [0, 0.05) is 31.4 Å². The van der Waals surface area contributed by atoms with Crippen LogP contribution in [0.5, 0.6) is 11.5 Å². The second-order valence-electron chi connectivity index (χ2n) is 11.4. The Labute approximate surface area is 256 Å². The lowest BCUT2D eigenvalue weighted by Gasteiger charge is -2.33. The molecule has 0 spiro atoms. The fourth-order valence-electron chi connectivity index (χ4n) is 5.90. The molecule has 0 aromatic heterocycles. The summed E-state index contributed by atoms with van der Waals surface area (Å²) in [6, 6.07) is 16.8. The number of hydrogen-bond acceptors (Lipinski definition) is 6. The second kappa shape index (κ2) is 12.5. The van der Waals surface area contributed by atoms with Gasteiger partial charge in [0.2, 0.25) is 0 Å². The lowest BCUT2D eigenvalue weighted by Crippen LogP contribution is -2.43. The number of carbonyl (C=O) groups is 1. The van der Waals surface area contributed by atoms with Crippen LogP contribution in [0.3, 0.4) is 0 Å². The van der Waals surface area contributed by atoms with Gasteiger partial charge in [0.1, 0.15) is 17.3 Å². The molecule has 3 heterocycles. The minimum absolute atomic E-state index is 0.00635. The predicted molar refractivity (Wildman–Crippen MR) is 169 cm³/mol. The number of allylic oxidation sites excluding steroid dienone is 3. The Hall–Kier alpha value is -4.30. The highest BCUT2D eigenvalue weighted by atomic mass is 35.5. The number of carbonyl (C=O) groups excluding carboxylic acids is 1. The van der Waals surface area contributed by atoms with Gasteiger partial charge in [-0.1, -0.05) is 47.5 Å². The first-order valence-corrected chi connectivity index (χ1v) is 15.0. The van der Waals surface area contributed by atoms with Crippen molar-refractivity contribution in [3.8, 4) is 11.5 Å². The van der Waals surface area contributed by atoms with E-state index in [0.29, 0.717) is 47.6 Å². The van der Waals surface area contributed by atoms with Crippen LogP contribution in [0, 0.1) is 5.92 Å². The molecule has 0 radical (unpaired) electrons. The van der Waals surface area contributed by atoms with Gasteiger partial charge in [-0.2, -0.15) is 0 Å². The van der Waals surface area contributed by atoms with E-state index >= 15 is 0 Å². The summed E-state index contributed by atoms with van der Waals surface area (Å²) in [6.07, 6.45) is 7.63. The molecule has 1 unspecified atom stereocenters. The van der Waals surface area contributed by atoms with Gasteiger partial charge in [-0.3, -0.25) is 4.79 Å². The molecule has 7 nitrogen and oxygen atoms in total. The van der Waals surface area contributed by atoms with E-state index in [4.69, 9.17) is 16.3 Å². The molecular weight excluding hydrogens is 565 g/mol. The van der Waals surface area contributed by atoms with Gasteiger partial charge in [0.25, 0.3) is 5.91 Å². The standard InChI is InChI=1S/C34H35ClFN5O2/c1-21(2)26-16-28(27-15-23(35)18-37-31(26)27)32-39-19-29(36)33(40-32)38-17-22-9-8-14-41(20-22)34(42)25-12-6-7-13-30(25)43-24-10-4-3-5-11-24/h3-7,10-13,15-16,18,22,31,37-38H,8-9,14,17,19-20H2,1-2H3,(H,39,40)/t22-,31?/m1/s1. The predicted octanol–water partition coefficient (Wildman–Crippen LogP) is 6.32. The molecule has 2 aromatic carbocycles. The first-order valence-electron chi connectivity index (χ1n) is 14.7. The molecular formula is C34H35ClFN5O2. The van der Waals surface area contributed by atoms with Gasteiger partial charge >= 0.3 is 0 Å². The Bertz CT molecular complexity index is 1600. The number of piperidine rings is 1. The zero-order valence-corrected chi connectivity index (χ0v) is 25.0. The van der Waals surface area contributed by atoms with E-state index in [2.05, 4.69) is 40.9 Å². The molecule has 9 heteroatoms. The molecule has 3 aliphatic heterocycles. The number of fused-ring (bicyclic) bond motifs is 1. The molecule has 1 saturated heterocycles. The van der Waals surface area contributed by atoms with Crippen LogP contribution in [0.25, 0.3) is 0 Å².